The zero-order valence-electron chi connectivity index (χ0n) is 18.1. The molecule has 0 aromatic heterocycles. The quantitative estimate of drug-likeness (QED) is 0.716. The van der Waals surface area contributed by atoms with Crippen LogP contribution in [0.25, 0.3) is 0 Å². The highest BCUT2D eigenvalue weighted by atomic mass is 16.5. The van der Waals surface area contributed by atoms with E-state index in [0.717, 1.165) is 84.2 Å². The number of likely N-dealkylation sites (tertiary alicyclic amines) is 2. The Balaban J connectivity index is 1.12. The number of hydrogen-bond acceptors (Lipinski definition) is 3. The van der Waals surface area contributed by atoms with E-state index >= 15 is 0 Å². The molecule has 0 aliphatic carbocycles. The molecule has 0 spiro atoms. The van der Waals surface area contributed by atoms with Gasteiger partial charge in [0.05, 0.1) is 0 Å². The van der Waals surface area contributed by atoms with Crippen molar-refractivity contribution < 1.29 is 14.3 Å². The summed E-state index contributed by atoms with van der Waals surface area (Å²) < 4.78 is 5.54. The van der Waals surface area contributed by atoms with Gasteiger partial charge in [-0.1, -0.05) is 30.3 Å². The Morgan fingerprint density at radius 2 is 1.53 bits per heavy atom. The number of benzene rings is 1. The summed E-state index contributed by atoms with van der Waals surface area (Å²) in [6, 6.07) is 10.7. The van der Waals surface area contributed by atoms with Crippen LogP contribution in [0.15, 0.2) is 30.3 Å². The first kappa shape index (κ1) is 21.4. The van der Waals surface area contributed by atoms with Crippen molar-refractivity contribution in [2.75, 3.05) is 32.8 Å². The molecule has 0 unspecified atom stereocenters. The topological polar surface area (TPSA) is 49.9 Å². The Bertz CT molecular complexity index is 686. The van der Waals surface area contributed by atoms with Crippen molar-refractivity contribution >= 4 is 11.8 Å². The Hall–Kier alpha value is -1.88. The number of carbonyl (C=O) groups is 2. The van der Waals surface area contributed by atoms with Crippen molar-refractivity contribution in [2.45, 2.75) is 63.9 Å². The molecule has 3 saturated heterocycles. The van der Waals surface area contributed by atoms with Gasteiger partial charge in [-0.3, -0.25) is 9.59 Å². The highest BCUT2D eigenvalue weighted by Gasteiger charge is 2.31. The summed E-state index contributed by atoms with van der Waals surface area (Å²) in [5.41, 5.74) is 1.41. The maximum atomic E-state index is 12.7. The minimum absolute atomic E-state index is 0.181. The molecular weight excluding hydrogens is 376 g/mol. The van der Waals surface area contributed by atoms with E-state index in [-0.39, 0.29) is 12.0 Å². The molecule has 3 heterocycles. The summed E-state index contributed by atoms with van der Waals surface area (Å²) in [7, 11) is 0. The third kappa shape index (κ3) is 5.63. The third-order valence-corrected chi connectivity index (χ3v) is 7.23. The van der Waals surface area contributed by atoms with Crippen LogP contribution in [0.2, 0.25) is 0 Å². The Kier molecular flexibility index (Phi) is 7.42. The highest BCUT2D eigenvalue weighted by molar-refractivity contribution is 5.81. The molecule has 5 nitrogen and oxygen atoms in total. The van der Waals surface area contributed by atoms with E-state index in [4.69, 9.17) is 4.74 Å². The summed E-state index contributed by atoms with van der Waals surface area (Å²) in [5, 5.41) is 0. The van der Waals surface area contributed by atoms with Crippen LogP contribution in [0, 0.1) is 11.8 Å². The van der Waals surface area contributed by atoms with Crippen LogP contribution in [-0.4, -0.2) is 60.5 Å². The Morgan fingerprint density at radius 3 is 2.20 bits per heavy atom. The second-order valence-electron chi connectivity index (χ2n) is 9.32. The molecule has 1 atom stereocenters. The van der Waals surface area contributed by atoms with E-state index in [1.165, 1.54) is 5.56 Å². The molecule has 0 radical (unpaired) electrons. The smallest absolute Gasteiger partial charge is 0.251 e. The van der Waals surface area contributed by atoms with Crippen LogP contribution < -0.4 is 0 Å². The molecule has 0 N–H and O–H groups in total. The Morgan fingerprint density at radius 1 is 0.867 bits per heavy atom. The molecular formula is C25H36N2O3. The van der Waals surface area contributed by atoms with E-state index in [1.54, 1.807) is 0 Å². The molecule has 2 amide bonds. The first-order valence-corrected chi connectivity index (χ1v) is 11.9. The predicted octanol–water partition coefficient (Wildman–Crippen LogP) is 3.67. The van der Waals surface area contributed by atoms with E-state index < -0.39 is 0 Å². The van der Waals surface area contributed by atoms with Crippen molar-refractivity contribution in [1.29, 1.82) is 0 Å². The van der Waals surface area contributed by atoms with Gasteiger partial charge in [-0.2, -0.15) is 0 Å². The molecule has 0 bridgehead atoms. The lowest BCUT2D eigenvalue weighted by Gasteiger charge is -2.34. The average molecular weight is 413 g/mol. The average Bonchev–Trinajstić information content (AvgIpc) is 3.34. The van der Waals surface area contributed by atoms with Gasteiger partial charge in [0.1, 0.15) is 6.10 Å². The number of hydrogen-bond donors (Lipinski definition) is 0. The van der Waals surface area contributed by atoms with Crippen LogP contribution in [0.4, 0.5) is 0 Å². The number of carbonyl (C=O) groups excluding carboxylic acids is 2. The second-order valence-corrected chi connectivity index (χ2v) is 9.32. The molecule has 5 heteroatoms. The standard InChI is InChI=1S/C25H36N2O3/c28-24(26-14-12-22(13-15-26)19-21-5-2-1-3-6-21)9-8-20-10-16-27(17-11-20)25(29)23-7-4-18-30-23/h1-3,5-6,20,22-23H,4,7-19H2/t23-/m1/s1. The SMILES string of the molecule is O=C(CCC1CCN(C(=O)[C@H]2CCCO2)CC1)N1CCC(Cc2ccccc2)CC1. The van der Waals surface area contributed by atoms with E-state index in [1.807, 2.05) is 4.90 Å². The fourth-order valence-corrected chi connectivity index (χ4v) is 5.24. The predicted molar refractivity (Wildman–Crippen MR) is 117 cm³/mol. The number of nitrogens with zero attached hydrogens (tertiary/aromatic N) is 2. The fourth-order valence-electron chi connectivity index (χ4n) is 5.24. The van der Waals surface area contributed by atoms with Crippen molar-refractivity contribution in [1.82, 2.24) is 9.80 Å². The number of ether oxygens (including phenoxy) is 1. The summed E-state index contributed by atoms with van der Waals surface area (Å²) in [5.74, 6) is 1.77. The third-order valence-electron chi connectivity index (χ3n) is 7.23. The van der Waals surface area contributed by atoms with E-state index in [0.29, 0.717) is 24.2 Å². The number of piperidine rings is 2. The molecule has 4 rings (SSSR count). The minimum atomic E-state index is -0.201. The number of rotatable bonds is 6. The maximum Gasteiger partial charge on any atom is 0.251 e. The molecule has 3 aliphatic heterocycles. The zero-order valence-corrected chi connectivity index (χ0v) is 18.1. The van der Waals surface area contributed by atoms with Gasteiger partial charge in [0.2, 0.25) is 5.91 Å². The van der Waals surface area contributed by atoms with Gasteiger partial charge < -0.3 is 14.5 Å². The number of amides is 2. The first-order valence-electron chi connectivity index (χ1n) is 11.9. The normalized spacial score (nSPS) is 23.7. The largest absolute Gasteiger partial charge is 0.368 e. The van der Waals surface area contributed by atoms with E-state index in [2.05, 4.69) is 35.2 Å². The van der Waals surface area contributed by atoms with Crippen molar-refractivity contribution in [3.63, 3.8) is 0 Å². The van der Waals surface area contributed by atoms with Gasteiger partial charge in [-0.15, -0.1) is 0 Å². The maximum absolute atomic E-state index is 12.7. The summed E-state index contributed by atoms with van der Waals surface area (Å²) in [6.07, 6.45) is 8.69. The van der Waals surface area contributed by atoms with Crippen molar-refractivity contribution in [3.8, 4) is 0 Å². The van der Waals surface area contributed by atoms with Crippen LogP contribution in [-0.2, 0) is 20.7 Å². The van der Waals surface area contributed by atoms with Gasteiger partial charge >= 0.3 is 0 Å². The molecule has 1 aromatic carbocycles. The molecule has 0 saturated carbocycles. The summed E-state index contributed by atoms with van der Waals surface area (Å²) in [6.45, 7) is 4.18. The lowest BCUT2D eigenvalue weighted by Crippen LogP contribution is -2.44. The van der Waals surface area contributed by atoms with Crippen LogP contribution in [0.3, 0.4) is 0 Å². The summed E-state index contributed by atoms with van der Waals surface area (Å²) >= 11 is 0. The first-order chi connectivity index (χ1) is 14.7. The highest BCUT2D eigenvalue weighted by Crippen LogP contribution is 2.26. The van der Waals surface area contributed by atoms with Gasteiger partial charge in [0.15, 0.2) is 0 Å². The van der Waals surface area contributed by atoms with Crippen molar-refractivity contribution in [2.24, 2.45) is 11.8 Å². The van der Waals surface area contributed by atoms with E-state index in [9.17, 15) is 9.59 Å². The van der Waals surface area contributed by atoms with Gasteiger partial charge in [0, 0.05) is 39.2 Å². The minimum Gasteiger partial charge on any atom is -0.368 e. The molecule has 1 aromatic rings. The molecule has 164 valence electrons. The van der Waals surface area contributed by atoms with Crippen LogP contribution in [0.1, 0.15) is 56.9 Å². The second kappa shape index (κ2) is 10.4. The Labute approximate surface area is 180 Å². The van der Waals surface area contributed by atoms with Crippen LogP contribution >= 0.6 is 0 Å². The zero-order chi connectivity index (χ0) is 20.8. The lowest BCUT2D eigenvalue weighted by molar-refractivity contribution is -0.142. The molecule has 3 aliphatic rings. The van der Waals surface area contributed by atoms with Gasteiger partial charge in [0.25, 0.3) is 5.91 Å². The lowest BCUT2D eigenvalue weighted by atomic mass is 9.89. The van der Waals surface area contributed by atoms with Gasteiger partial charge in [-0.05, 0) is 68.8 Å². The van der Waals surface area contributed by atoms with Crippen LogP contribution in [0.5, 0.6) is 0 Å². The monoisotopic (exact) mass is 412 g/mol. The molecule has 30 heavy (non-hydrogen) atoms. The van der Waals surface area contributed by atoms with Gasteiger partial charge in [-0.25, -0.2) is 0 Å². The fraction of sp³-hybridized carbons (Fsp3) is 0.680. The molecule has 3 fully saturated rings. The van der Waals surface area contributed by atoms with Crippen molar-refractivity contribution in [3.05, 3.63) is 35.9 Å². The summed E-state index contributed by atoms with van der Waals surface area (Å²) in [4.78, 5) is 29.2.